The summed E-state index contributed by atoms with van der Waals surface area (Å²) < 4.78 is 0. The van der Waals surface area contributed by atoms with E-state index in [2.05, 4.69) is 20.8 Å². The summed E-state index contributed by atoms with van der Waals surface area (Å²) in [5.74, 6) is -1.41. The van der Waals surface area contributed by atoms with Crippen LogP contribution in [0.3, 0.4) is 0 Å². The number of hydrogen-bond acceptors (Lipinski definition) is 5. The highest BCUT2D eigenvalue weighted by molar-refractivity contribution is 6.42. The molecule has 3 aromatic rings. The number of aromatic amines is 1. The lowest BCUT2D eigenvalue weighted by atomic mass is 10.0. The number of halogens is 2. The number of fused-ring (bicyclic) bond motifs is 2. The lowest BCUT2D eigenvalue weighted by molar-refractivity contribution is -0.136. The molecule has 2 aliphatic heterocycles. The molecule has 0 spiro atoms. The van der Waals surface area contributed by atoms with Crippen molar-refractivity contribution in [1.82, 2.24) is 25.7 Å². The van der Waals surface area contributed by atoms with Gasteiger partial charge in [-0.2, -0.15) is 5.10 Å². The highest BCUT2D eigenvalue weighted by atomic mass is 35.5. The van der Waals surface area contributed by atoms with Gasteiger partial charge in [-0.1, -0.05) is 35.3 Å². The van der Waals surface area contributed by atoms with Gasteiger partial charge in [0.15, 0.2) is 5.69 Å². The molecule has 2 aromatic carbocycles. The van der Waals surface area contributed by atoms with Gasteiger partial charge < -0.3 is 10.2 Å². The molecule has 168 valence electrons. The van der Waals surface area contributed by atoms with Gasteiger partial charge in [0.05, 0.1) is 15.6 Å². The Labute approximate surface area is 197 Å². The minimum absolute atomic E-state index is 0.198. The molecule has 1 aromatic heterocycles. The second-order valence-electron chi connectivity index (χ2n) is 7.96. The number of carbonyl (C=O) groups is 4. The molecule has 1 atom stereocenters. The number of carbonyl (C=O) groups excluding carboxylic acids is 4. The zero-order chi connectivity index (χ0) is 23.3. The number of nitrogens with zero attached hydrogens (tertiary/aromatic N) is 2. The van der Waals surface area contributed by atoms with Crippen LogP contribution in [0.2, 0.25) is 10.0 Å². The van der Waals surface area contributed by atoms with E-state index in [1.165, 1.54) is 4.90 Å². The monoisotopic (exact) mass is 485 g/mol. The number of nitrogens with one attached hydrogen (secondary N) is 3. The van der Waals surface area contributed by atoms with E-state index in [0.717, 1.165) is 11.1 Å². The molecule has 5 rings (SSSR count). The number of amides is 4. The summed E-state index contributed by atoms with van der Waals surface area (Å²) in [4.78, 5) is 50.6. The zero-order valence-electron chi connectivity index (χ0n) is 17.1. The lowest BCUT2D eigenvalue weighted by Gasteiger charge is -2.29. The number of hydrogen-bond donors (Lipinski definition) is 3. The average Bonchev–Trinajstić information content (AvgIpc) is 3.33. The first-order chi connectivity index (χ1) is 15.8. The van der Waals surface area contributed by atoms with E-state index in [1.54, 1.807) is 24.3 Å². The fourth-order valence-corrected chi connectivity index (χ4v) is 4.52. The molecule has 1 unspecified atom stereocenters. The maximum atomic E-state index is 12.8. The smallest absolute Gasteiger partial charge is 0.272 e. The standard InChI is InChI=1S/C22H17Cl2N5O4/c23-14-6-13-16(7-15(14)24)27-28-19(13)21(32)25-8-10-1-2-12-11(5-10)9-29(22(12)33)17-3-4-18(30)26-20(17)31/h1-2,5-7,17H,3-4,8-9H2,(H,25,32)(H,27,28)(H,26,30,31). The van der Waals surface area contributed by atoms with Crippen molar-refractivity contribution < 1.29 is 19.2 Å². The van der Waals surface area contributed by atoms with Gasteiger partial charge in [0.2, 0.25) is 11.8 Å². The predicted octanol–water partition coefficient (Wildman–Crippen LogP) is 2.56. The molecule has 0 saturated carbocycles. The lowest BCUT2D eigenvalue weighted by Crippen LogP contribution is -2.52. The van der Waals surface area contributed by atoms with E-state index in [-0.39, 0.29) is 42.9 Å². The van der Waals surface area contributed by atoms with Crippen molar-refractivity contribution in [2.24, 2.45) is 0 Å². The van der Waals surface area contributed by atoms with Crippen molar-refractivity contribution in [2.75, 3.05) is 0 Å². The van der Waals surface area contributed by atoms with Gasteiger partial charge >= 0.3 is 0 Å². The minimum Gasteiger partial charge on any atom is -0.347 e. The third-order valence-electron chi connectivity index (χ3n) is 5.86. The van der Waals surface area contributed by atoms with E-state index in [0.29, 0.717) is 32.9 Å². The largest absolute Gasteiger partial charge is 0.347 e. The Balaban J connectivity index is 1.29. The maximum absolute atomic E-state index is 12.8. The zero-order valence-corrected chi connectivity index (χ0v) is 18.6. The predicted molar refractivity (Wildman–Crippen MR) is 120 cm³/mol. The summed E-state index contributed by atoms with van der Waals surface area (Å²) in [7, 11) is 0. The van der Waals surface area contributed by atoms with Crippen LogP contribution in [0.25, 0.3) is 10.9 Å². The van der Waals surface area contributed by atoms with Gasteiger partial charge in [-0.15, -0.1) is 0 Å². The molecule has 33 heavy (non-hydrogen) atoms. The molecule has 1 saturated heterocycles. The normalized spacial score (nSPS) is 17.9. The number of H-pyrrole nitrogens is 1. The fourth-order valence-electron chi connectivity index (χ4n) is 4.19. The van der Waals surface area contributed by atoms with Crippen molar-refractivity contribution in [3.63, 3.8) is 0 Å². The van der Waals surface area contributed by atoms with Gasteiger partial charge in [-0.3, -0.25) is 29.6 Å². The molecular weight excluding hydrogens is 469 g/mol. The Morgan fingerprint density at radius 1 is 1.15 bits per heavy atom. The van der Waals surface area contributed by atoms with Crippen molar-refractivity contribution >= 4 is 57.7 Å². The Morgan fingerprint density at radius 3 is 2.73 bits per heavy atom. The van der Waals surface area contributed by atoms with Gasteiger partial charge in [-0.05, 0) is 35.7 Å². The Morgan fingerprint density at radius 2 is 1.94 bits per heavy atom. The first-order valence-corrected chi connectivity index (χ1v) is 10.9. The molecule has 9 nitrogen and oxygen atoms in total. The summed E-state index contributed by atoms with van der Waals surface area (Å²) in [6.45, 7) is 0.486. The van der Waals surface area contributed by atoms with Gasteiger partial charge in [0.1, 0.15) is 6.04 Å². The van der Waals surface area contributed by atoms with Crippen molar-refractivity contribution in [2.45, 2.75) is 32.0 Å². The topological polar surface area (TPSA) is 124 Å². The maximum Gasteiger partial charge on any atom is 0.272 e. The van der Waals surface area contributed by atoms with Crippen molar-refractivity contribution in [1.29, 1.82) is 0 Å². The Kier molecular flexibility index (Phi) is 5.30. The SMILES string of the molecule is O=C1CCC(N2Cc3cc(CNC(=O)c4n[nH]c5cc(Cl)c(Cl)cc45)ccc3C2=O)C(=O)N1. The van der Waals surface area contributed by atoms with Gasteiger partial charge in [-0.25, -0.2) is 0 Å². The van der Waals surface area contributed by atoms with Crippen LogP contribution in [0.1, 0.15) is 44.8 Å². The molecular formula is C22H17Cl2N5O4. The molecule has 3 N–H and O–H groups in total. The van der Waals surface area contributed by atoms with Crippen molar-refractivity contribution in [3.8, 4) is 0 Å². The molecule has 2 aliphatic rings. The third kappa shape index (κ3) is 3.83. The second-order valence-corrected chi connectivity index (χ2v) is 8.77. The number of rotatable bonds is 4. The number of aromatic nitrogens is 2. The number of benzene rings is 2. The van der Waals surface area contributed by atoms with Crippen LogP contribution >= 0.6 is 23.2 Å². The average molecular weight is 486 g/mol. The minimum atomic E-state index is -0.668. The van der Waals surface area contributed by atoms with Crippen LogP contribution in [0.4, 0.5) is 0 Å². The van der Waals surface area contributed by atoms with Gasteiger partial charge in [0.25, 0.3) is 11.8 Å². The van der Waals surface area contributed by atoms with E-state index in [9.17, 15) is 19.2 Å². The van der Waals surface area contributed by atoms with E-state index >= 15 is 0 Å². The van der Waals surface area contributed by atoms with E-state index < -0.39 is 11.9 Å². The highest BCUT2D eigenvalue weighted by Crippen LogP contribution is 2.29. The quantitative estimate of drug-likeness (QED) is 0.489. The first kappa shape index (κ1) is 21.4. The summed E-state index contributed by atoms with van der Waals surface area (Å²) in [6.07, 6.45) is 0.507. The summed E-state index contributed by atoms with van der Waals surface area (Å²) in [6, 6.07) is 7.80. The van der Waals surface area contributed by atoms with Crippen molar-refractivity contribution in [3.05, 3.63) is 62.8 Å². The highest BCUT2D eigenvalue weighted by Gasteiger charge is 2.39. The first-order valence-electron chi connectivity index (χ1n) is 10.2. The summed E-state index contributed by atoms with van der Waals surface area (Å²) >= 11 is 12.1. The molecule has 4 amide bonds. The second kappa shape index (κ2) is 8.17. The summed E-state index contributed by atoms with van der Waals surface area (Å²) in [5, 5.41) is 13.2. The van der Waals surface area contributed by atoms with Crippen LogP contribution in [-0.2, 0) is 22.7 Å². The van der Waals surface area contributed by atoms with Gasteiger partial charge in [0, 0.05) is 30.5 Å². The third-order valence-corrected chi connectivity index (χ3v) is 6.58. The molecule has 0 bridgehead atoms. The van der Waals surface area contributed by atoms with Crippen LogP contribution in [0, 0.1) is 0 Å². The summed E-state index contributed by atoms with van der Waals surface area (Å²) in [5.41, 5.74) is 2.87. The molecule has 11 heteroatoms. The molecule has 0 radical (unpaired) electrons. The molecule has 0 aliphatic carbocycles. The van der Waals surface area contributed by atoms with Crippen LogP contribution in [-0.4, -0.2) is 44.8 Å². The fraction of sp³-hybridized carbons (Fsp3) is 0.227. The van der Waals surface area contributed by atoms with Crippen LogP contribution in [0.5, 0.6) is 0 Å². The number of imide groups is 1. The molecule has 1 fully saturated rings. The molecule has 3 heterocycles. The van der Waals surface area contributed by atoms with E-state index in [1.807, 2.05) is 6.07 Å². The Bertz CT molecular complexity index is 1350. The Hall–Kier alpha value is -3.43. The number of piperidine rings is 1. The van der Waals surface area contributed by atoms with Crippen LogP contribution < -0.4 is 10.6 Å². The van der Waals surface area contributed by atoms with E-state index in [4.69, 9.17) is 23.2 Å². The van der Waals surface area contributed by atoms with Crippen LogP contribution in [0.15, 0.2) is 30.3 Å².